The predicted octanol–water partition coefficient (Wildman–Crippen LogP) is 4.03. The van der Waals surface area contributed by atoms with Crippen molar-refractivity contribution in [3.8, 4) is 0 Å². The Morgan fingerprint density at radius 1 is 1.08 bits per heavy atom. The van der Waals surface area contributed by atoms with Gasteiger partial charge in [0.15, 0.2) is 9.84 Å². The number of benzene rings is 2. The van der Waals surface area contributed by atoms with E-state index in [1.165, 1.54) is 18.2 Å². The molecule has 0 unspecified atom stereocenters. The van der Waals surface area contributed by atoms with Gasteiger partial charge in [0.2, 0.25) is 0 Å². The number of sulfone groups is 1. The van der Waals surface area contributed by atoms with Gasteiger partial charge >= 0.3 is 0 Å². The SMILES string of the molecule is CCN(C(=O)c1cc(S(C)(=O)=O)ccc1Cl)c1cc(C)cc(C)c1. The zero-order chi connectivity index (χ0) is 18.1. The molecule has 0 bridgehead atoms. The molecule has 0 aliphatic carbocycles. The first-order valence-electron chi connectivity index (χ1n) is 7.53. The van der Waals surface area contributed by atoms with Crippen molar-refractivity contribution in [2.45, 2.75) is 25.7 Å². The molecule has 0 heterocycles. The van der Waals surface area contributed by atoms with Crippen LogP contribution in [0.25, 0.3) is 0 Å². The van der Waals surface area contributed by atoms with E-state index in [1.54, 1.807) is 4.90 Å². The average Bonchev–Trinajstić information content (AvgIpc) is 2.46. The van der Waals surface area contributed by atoms with E-state index < -0.39 is 9.84 Å². The van der Waals surface area contributed by atoms with Crippen LogP contribution in [-0.2, 0) is 9.84 Å². The highest BCUT2D eigenvalue weighted by Gasteiger charge is 2.21. The smallest absolute Gasteiger partial charge is 0.259 e. The Balaban J connectivity index is 2.53. The maximum absolute atomic E-state index is 12.9. The molecule has 0 aromatic heterocycles. The molecule has 2 aromatic carbocycles. The molecular formula is C18H20ClNO3S. The summed E-state index contributed by atoms with van der Waals surface area (Å²) in [6.45, 7) is 6.24. The van der Waals surface area contributed by atoms with Crippen LogP contribution in [0, 0.1) is 13.8 Å². The molecule has 2 rings (SSSR count). The number of rotatable bonds is 4. The van der Waals surface area contributed by atoms with Crippen LogP contribution in [0.3, 0.4) is 0 Å². The van der Waals surface area contributed by atoms with Crippen LogP contribution in [0.5, 0.6) is 0 Å². The molecule has 0 aliphatic heterocycles. The van der Waals surface area contributed by atoms with Gasteiger partial charge in [0.1, 0.15) is 0 Å². The van der Waals surface area contributed by atoms with Gasteiger partial charge in [0, 0.05) is 18.5 Å². The number of carbonyl (C=O) groups is 1. The van der Waals surface area contributed by atoms with E-state index in [4.69, 9.17) is 11.6 Å². The molecule has 0 fully saturated rings. The molecule has 0 saturated carbocycles. The molecule has 1 amide bonds. The van der Waals surface area contributed by atoms with Crippen LogP contribution in [0.2, 0.25) is 5.02 Å². The lowest BCUT2D eigenvalue weighted by Gasteiger charge is -2.23. The fourth-order valence-corrected chi connectivity index (χ4v) is 3.44. The van der Waals surface area contributed by atoms with Gasteiger partial charge in [-0.25, -0.2) is 8.42 Å². The number of amides is 1. The first-order chi connectivity index (χ1) is 11.1. The van der Waals surface area contributed by atoms with E-state index >= 15 is 0 Å². The van der Waals surface area contributed by atoms with E-state index in [-0.39, 0.29) is 21.4 Å². The highest BCUT2D eigenvalue weighted by molar-refractivity contribution is 7.90. The van der Waals surface area contributed by atoms with Gasteiger partial charge < -0.3 is 4.90 Å². The summed E-state index contributed by atoms with van der Waals surface area (Å²) in [6.07, 6.45) is 1.10. The Morgan fingerprint density at radius 2 is 1.67 bits per heavy atom. The van der Waals surface area contributed by atoms with Crippen molar-refractivity contribution in [1.29, 1.82) is 0 Å². The van der Waals surface area contributed by atoms with Gasteiger partial charge in [-0.3, -0.25) is 4.79 Å². The highest BCUT2D eigenvalue weighted by atomic mass is 35.5. The van der Waals surface area contributed by atoms with E-state index in [0.29, 0.717) is 6.54 Å². The zero-order valence-corrected chi connectivity index (χ0v) is 15.7. The van der Waals surface area contributed by atoms with Crippen molar-refractivity contribution in [3.63, 3.8) is 0 Å². The number of aryl methyl sites for hydroxylation is 2. The zero-order valence-electron chi connectivity index (χ0n) is 14.1. The monoisotopic (exact) mass is 365 g/mol. The lowest BCUT2D eigenvalue weighted by Crippen LogP contribution is -2.31. The molecule has 0 spiro atoms. The summed E-state index contributed by atoms with van der Waals surface area (Å²) in [7, 11) is -3.42. The largest absolute Gasteiger partial charge is 0.309 e. The Bertz CT molecular complexity index is 871. The summed E-state index contributed by atoms with van der Waals surface area (Å²) >= 11 is 6.15. The standard InChI is InChI=1S/C18H20ClNO3S/c1-5-20(14-9-12(2)8-13(3)10-14)18(21)16-11-15(24(4,22)23)6-7-17(16)19/h6-11H,5H2,1-4H3. The van der Waals surface area contributed by atoms with Gasteiger partial charge in [0.05, 0.1) is 15.5 Å². The summed E-state index contributed by atoms with van der Waals surface area (Å²) < 4.78 is 23.5. The summed E-state index contributed by atoms with van der Waals surface area (Å²) in [5.74, 6) is -0.321. The summed E-state index contributed by atoms with van der Waals surface area (Å²) in [5.41, 5.74) is 3.04. The molecule has 4 nitrogen and oxygen atoms in total. The Hall–Kier alpha value is -1.85. The van der Waals surface area contributed by atoms with Crippen LogP contribution in [0.15, 0.2) is 41.3 Å². The molecule has 0 atom stereocenters. The maximum Gasteiger partial charge on any atom is 0.259 e. The lowest BCUT2D eigenvalue weighted by atomic mass is 10.1. The predicted molar refractivity (Wildman–Crippen MR) is 97.8 cm³/mol. The number of anilines is 1. The van der Waals surface area contributed by atoms with Crippen molar-refractivity contribution >= 4 is 33.0 Å². The first-order valence-corrected chi connectivity index (χ1v) is 9.80. The summed E-state index contributed by atoms with van der Waals surface area (Å²) in [5, 5.41) is 0.232. The Labute approximate surface area is 148 Å². The van der Waals surface area contributed by atoms with Crippen LogP contribution in [0.1, 0.15) is 28.4 Å². The third kappa shape index (κ3) is 3.97. The number of halogens is 1. The third-order valence-electron chi connectivity index (χ3n) is 3.68. The number of hydrogen-bond acceptors (Lipinski definition) is 3. The van der Waals surface area contributed by atoms with Gasteiger partial charge in [-0.15, -0.1) is 0 Å². The Morgan fingerprint density at radius 3 is 2.17 bits per heavy atom. The van der Waals surface area contributed by atoms with Crippen molar-refractivity contribution < 1.29 is 13.2 Å². The Kier molecular flexibility index (Phi) is 5.35. The second kappa shape index (κ2) is 6.95. The number of hydrogen-bond donors (Lipinski definition) is 0. The maximum atomic E-state index is 12.9. The molecule has 2 aromatic rings. The quantitative estimate of drug-likeness (QED) is 0.822. The molecule has 0 aliphatic rings. The van der Waals surface area contributed by atoms with E-state index in [9.17, 15) is 13.2 Å². The second-order valence-electron chi connectivity index (χ2n) is 5.81. The van der Waals surface area contributed by atoms with Crippen LogP contribution >= 0.6 is 11.6 Å². The third-order valence-corrected chi connectivity index (χ3v) is 5.12. The molecular weight excluding hydrogens is 346 g/mol. The summed E-state index contributed by atoms with van der Waals surface area (Å²) in [6, 6.07) is 10.1. The number of nitrogens with zero attached hydrogens (tertiary/aromatic N) is 1. The minimum Gasteiger partial charge on any atom is -0.309 e. The van der Waals surface area contributed by atoms with Crippen LogP contribution < -0.4 is 4.90 Å². The molecule has 6 heteroatoms. The van der Waals surface area contributed by atoms with Gasteiger partial charge in [-0.2, -0.15) is 0 Å². The summed E-state index contributed by atoms with van der Waals surface area (Å²) in [4.78, 5) is 14.6. The average molecular weight is 366 g/mol. The normalized spacial score (nSPS) is 11.4. The fraction of sp³-hybridized carbons (Fsp3) is 0.278. The van der Waals surface area contributed by atoms with E-state index in [2.05, 4.69) is 0 Å². The van der Waals surface area contributed by atoms with Crippen molar-refractivity contribution in [2.75, 3.05) is 17.7 Å². The van der Waals surface area contributed by atoms with Gasteiger partial charge in [0.25, 0.3) is 5.91 Å². The molecule has 0 radical (unpaired) electrons. The first kappa shape index (κ1) is 18.5. The van der Waals surface area contributed by atoms with E-state index in [0.717, 1.165) is 23.1 Å². The van der Waals surface area contributed by atoms with Gasteiger partial charge in [-0.1, -0.05) is 17.7 Å². The van der Waals surface area contributed by atoms with Gasteiger partial charge in [-0.05, 0) is 62.2 Å². The molecule has 0 N–H and O–H groups in total. The molecule has 0 saturated heterocycles. The lowest BCUT2D eigenvalue weighted by molar-refractivity contribution is 0.0988. The van der Waals surface area contributed by atoms with Crippen LogP contribution in [0.4, 0.5) is 5.69 Å². The second-order valence-corrected chi connectivity index (χ2v) is 8.23. The van der Waals surface area contributed by atoms with Crippen molar-refractivity contribution in [2.24, 2.45) is 0 Å². The topological polar surface area (TPSA) is 54.5 Å². The number of carbonyl (C=O) groups excluding carboxylic acids is 1. The van der Waals surface area contributed by atoms with Crippen molar-refractivity contribution in [3.05, 3.63) is 58.1 Å². The fourth-order valence-electron chi connectivity index (χ4n) is 2.59. The van der Waals surface area contributed by atoms with Crippen molar-refractivity contribution in [1.82, 2.24) is 0 Å². The molecule has 24 heavy (non-hydrogen) atoms. The molecule has 128 valence electrons. The van der Waals surface area contributed by atoms with Crippen LogP contribution in [-0.4, -0.2) is 27.1 Å². The minimum absolute atomic E-state index is 0.0757. The van der Waals surface area contributed by atoms with E-state index in [1.807, 2.05) is 39.0 Å². The highest BCUT2D eigenvalue weighted by Crippen LogP contribution is 2.26. The minimum atomic E-state index is -3.42.